The first-order valence-electron chi connectivity index (χ1n) is 16.7. The minimum atomic E-state index is -0.395. The third kappa shape index (κ3) is 4.65. The number of amides is 1. The van der Waals surface area contributed by atoms with Crippen LogP contribution in [-0.2, 0) is 23.7 Å². The first-order valence-corrected chi connectivity index (χ1v) is 16.7. The molecule has 44 heavy (non-hydrogen) atoms. The van der Waals surface area contributed by atoms with Gasteiger partial charge in [0.05, 0.1) is 19.5 Å². The van der Waals surface area contributed by atoms with Crippen molar-refractivity contribution in [1.82, 2.24) is 9.80 Å². The van der Waals surface area contributed by atoms with E-state index in [1.165, 1.54) is 13.0 Å². The van der Waals surface area contributed by atoms with Gasteiger partial charge < -0.3 is 28.3 Å². The van der Waals surface area contributed by atoms with Gasteiger partial charge in [-0.15, -0.1) is 0 Å². The summed E-state index contributed by atoms with van der Waals surface area (Å²) in [5.74, 6) is 1.04. The minimum absolute atomic E-state index is 0.0837. The van der Waals surface area contributed by atoms with Gasteiger partial charge >= 0.3 is 17.7 Å². The molecule has 10 atom stereocenters. The van der Waals surface area contributed by atoms with Crippen molar-refractivity contribution in [3.63, 3.8) is 0 Å². The molecule has 4 saturated carbocycles. The lowest BCUT2D eigenvalue weighted by atomic mass is 9.44. The second-order valence-corrected chi connectivity index (χ2v) is 14.8. The lowest BCUT2D eigenvalue weighted by Gasteiger charge is -2.61. The number of esters is 1. The van der Waals surface area contributed by atoms with Crippen molar-refractivity contribution in [2.24, 2.45) is 28.6 Å². The Bertz CT molecular complexity index is 1310. The average molecular weight is 613 g/mol. The largest absolute Gasteiger partial charge is 0.459 e. The standard InChI is InChI=1S/C34H48N2O8/c1-21(37)43-29-28(22-5-8-27(38)42-20-22)33(3)12-10-25-26(34(33)30(29)44-34)7-6-23-19-24(9-11-32(23,25)2)35(4)31(39)41-18-15-36-13-16-40-17-14-36/h5,8,20,23-26,28-30H,6-7,9-19H2,1-4H3/t23-,24+,25+,26-,28+,29-,30-,32+,33-,34-/m1/s1. The van der Waals surface area contributed by atoms with Gasteiger partial charge in [-0.1, -0.05) is 13.8 Å². The number of hydrogen-bond acceptors (Lipinski definition) is 9. The molecule has 1 spiro atoms. The van der Waals surface area contributed by atoms with Crippen LogP contribution in [0.4, 0.5) is 4.79 Å². The maximum Gasteiger partial charge on any atom is 0.409 e. The van der Waals surface area contributed by atoms with Gasteiger partial charge in [-0.2, -0.15) is 0 Å². The highest BCUT2D eigenvalue weighted by Crippen LogP contribution is 2.78. The van der Waals surface area contributed by atoms with Crippen molar-refractivity contribution < 1.29 is 33.0 Å². The molecule has 2 aliphatic heterocycles. The van der Waals surface area contributed by atoms with Gasteiger partial charge in [0.25, 0.3) is 0 Å². The lowest BCUT2D eigenvalue weighted by Crippen LogP contribution is -2.59. The predicted molar refractivity (Wildman–Crippen MR) is 160 cm³/mol. The molecule has 6 aliphatic rings. The van der Waals surface area contributed by atoms with Gasteiger partial charge in [0.1, 0.15) is 24.4 Å². The second-order valence-electron chi connectivity index (χ2n) is 14.8. The number of morpholine rings is 1. The number of ether oxygens (including phenoxy) is 4. The van der Waals surface area contributed by atoms with Crippen LogP contribution in [0.5, 0.6) is 0 Å². The molecule has 3 heterocycles. The number of nitrogens with zero attached hydrogens (tertiary/aromatic N) is 2. The number of carbonyl (C=O) groups excluding carboxylic acids is 2. The van der Waals surface area contributed by atoms with E-state index in [1.54, 1.807) is 6.26 Å². The van der Waals surface area contributed by atoms with E-state index in [4.69, 9.17) is 23.4 Å². The van der Waals surface area contributed by atoms with Crippen molar-refractivity contribution in [1.29, 1.82) is 0 Å². The third-order valence-electron chi connectivity index (χ3n) is 13.0. The van der Waals surface area contributed by atoms with Crippen molar-refractivity contribution in [2.45, 2.75) is 95.5 Å². The molecular weight excluding hydrogens is 564 g/mol. The Morgan fingerprint density at radius 3 is 2.59 bits per heavy atom. The van der Waals surface area contributed by atoms with E-state index in [1.807, 2.05) is 18.0 Å². The van der Waals surface area contributed by atoms with Crippen LogP contribution in [0.25, 0.3) is 0 Å². The Labute approximate surface area is 259 Å². The summed E-state index contributed by atoms with van der Waals surface area (Å²) >= 11 is 0. The highest BCUT2D eigenvalue weighted by atomic mass is 16.7. The Balaban J connectivity index is 1.05. The normalized spacial score (nSPS) is 42.7. The fourth-order valence-electron chi connectivity index (χ4n) is 10.8. The van der Waals surface area contributed by atoms with Gasteiger partial charge in [-0.05, 0) is 79.7 Å². The SMILES string of the molecule is CC(=O)O[C@H]1[C@H]2O[C@]23[C@@H]2CC[C@@H]4C[C@@H](N(C)C(=O)OCCN5CCOCC5)CC[C@]4(C)[C@H]2CC[C@]3(C)[C@H]1c1ccc(=O)oc1. The molecule has 1 aromatic rings. The molecule has 1 amide bonds. The fraction of sp³-hybridized carbons (Fsp3) is 0.794. The van der Waals surface area contributed by atoms with Crippen molar-refractivity contribution in [2.75, 3.05) is 46.5 Å². The van der Waals surface area contributed by atoms with Gasteiger partial charge in [-0.3, -0.25) is 9.69 Å². The molecule has 10 heteroatoms. The molecule has 0 radical (unpaired) electrons. The lowest BCUT2D eigenvalue weighted by molar-refractivity contribution is -0.156. The molecule has 0 N–H and O–H groups in total. The second kappa shape index (κ2) is 11.1. The topological polar surface area (TPSA) is 111 Å². The van der Waals surface area contributed by atoms with Crippen molar-refractivity contribution in [3.05, 3.63) is 34.4 Å². The molecule has 1 aromatic heterocycles. The highest BCUT2D eigenvalue weighted by molar-refractivity contribution is 5.68. The van der Waals surface area contributed by atoms with E-state index in [9.17, 15) is 14.4 Å². The van der Waals surface area contributed by atoms with Crippen LogP contribution < -0.4 is 5.63 Å². The number of rotatable bonds is 6. The minimum Gasteiger partial charge on any atom is -0.459 e. The van der Waals surface area contributed by atoms with Crippen LogP contribution in [0, 0.1) is 28.6 Å². The summed E-state index contributed by atoms with van der Waals surface area (Å²) in [7, 11) is 1.91. The first-order chi connectivity index (χ1) is 21.1. The summed E-state index contributed by atoms with van der Waals surface area (Å²) in [6, 6.07) is 3.50. The summed E-state index contributed by atoms with van der Waals surface area (Å²) in [5, 5.41) is 0. The molecule has 0 unspecified atom stereocenters. The van der Waals surface area contributed by atoms with Gasteiger partial charge in [0.2, 0.25) is 0 Å². The zero-order chi connectivity index (χ0) is 30.9. The van der Waals surface area contributed by atoms with Crippen LogP contribution in [0.15, 0.2) is 27.6 Å². The Morgan fingerprint density at radius 1 is 1.07 bits per heavy atom. The zero-order valence-electron chi connectivity index (χ0n) is 26.6. The van der Waals surface area contributed by atoms with E-state index < -0.39 is 6.10 Å². The average Bonchev–Trinajstić information content (AvgIpc) is 3.71. The molecule has 0 bridgehead atoms. The van der Waals surface area contributed by atoms with Gasteiger partial charge in [-0.25, -0.2) is 9.59 Å². The molecule has 242 valence electrons. The Hall–Kier alpha value is -2.43. The summed E-state index contributed by atoms with van der Waals surface area (Å²) in [5.41, 5.74) is 0.122. The molecule has 6 fully saturated rings. The molecule has 7 rings (SSSR count). The molecule has 10 nitrogen and oxygen atoms in total. The van der Waals surface area contributed by atoms with Crippen LogP contribution in [0.1, 0.15) is 77.2 Å². The van der Waals surface area contributed by atoms with Crippen molar-refractivity contribution >= 4 is 12.1 Å². The van der Waals surface area contributed by atoms with Crippen LogP contribution in [0.3, 0.4) is 0 Å². The zero-order valence-corrected chi connectivity index (χ0v) is 26.6. The van der Waals surface area contributed by atoms with Crippen LogP contribution in [-0.4, -0.2) is 92.2 Å². The smallest absolute Gasteiger partial charge is 0.409 e. The van der Waals surface area contributed by atoms with Crippen molar-refractivity contribution in [3.8, 4) is 0 Å². The predicted octanol–water partition coefficient (Wildman–Crippen LogP) is 4.21. The molecular formula is C34H48N2O8. The molecule has 4 aliphatic carbocycles. The number of hydrogen-bond donors (Lipinski definition) is 0. The number of carbonyl (C=O) groups is 2. The highest BCUT2D eigenvalue weighted by Gasteiger charge is 2.84. The molecule has 0 aromatic carbocycles. The van der Waals surface area contributed by atoms with E-state index >= 15 is 0 Å². The Kier molecular flexibility index (Phi) is 7.64. The van der Waals surface area contributed by atoms with Gasteiger partial charge in [0, 0.05) is 57.0 Å². The maximum absolute atomic E-state index is 13.0. The number of epoxide rings is 1. The summed E-state index contributed by atoms with van der Waals surface area (Å²) in [6.45, 7) is 10.7. The third-order valence-corrected chi connectivity index (χ3v) is 13.0. The van der Waals surface area contributed by atoms with E-state index in [2.05, 4.69) is 18.7 Å². The van der Waals surface area contributed by atoms with Gasteiger partial charge in [0.15, 0.2) is 0 Å². The molecule has 2 saturated heterocycles. The quantitative estimate of drug-likeness (QED) is 0.345. The fourth-order valence-corrected chi connectivity index (χ4v) is 10.8. The van der Waals surface area contributed by atoms with E-state index in [0.717, 1.165) is 83.4 Å². The maximum atomic E-state index is 13.0. The van der Waals surface area contributed by atoms with Crippen LogP contribution >= 0.6 is 0 Å². The summed E-state index contributed by atoms with van der Waals surface area (Å²) in [4.78, 5) is 41.2. The van der Waals surface area contributed by atoms with E-state index in [0.29, 0.717) is 24.4 Å². The van der Waals surface area contributed by atoms with E-state index in [-0.39, 0.29) is 52.2 Å². The summed E-state index contributed by atoms with van der Waals surface area (Å²) < 4.78 is 29.2. The Morgan fingerprint density at radius 2 is 1.86 bits per heavy atom. The number of fused-ring (bicyclic) bond motifs is 3. The van der Waals surface area contributed by atoms with Crippen LogP contribution in [0.2, 0.25) is 0 Å². The first kappa shape index (κ1) is 30.2. The monoisotopic (exact) mass is 612 g/mol. The summed E-state index contributed by atoms with van der Waals surface area (Å²) in [6.07, 6.45) is 8.09.